The largest absolute Gasteiger partial charge is 0.344 e. The second kappa shape index (κ2) is 2410. The molecule has 0 aliphatic rings. The first-order valence-electron chi connectivity index (χ1n) is 1.59. The average molecular weight is 222 g/mol. The molecule has 2 nitrogen and oxygen atoms in total. The minimum absolute atomic E-state index is 0. The van der Waals surface area contributed by atoms with Gasteiger partial charge in [-0.1, -0.05) is 37.1 Å². The highest BCUT2D eigenvalue weighted by molar-refractivity contribution is 7.09. The predicted molar refractivity (Wildman–Crippen MR) is 65.9 cm³/mol. The zero-order valence-electron chi connectivity index (χ0n) is 5.07. The molecule has 2 atom stereocenters. The third-order valence-corrected chi connectivity index (χ3v) is 0. The van der Waals surface area contributed by atoms with E-state index in [4.69, 9.17) is 7.17 Å². The van der Waals surface area contributed by atoms with E-state index in [0.29, 0.717) is 0 Å². The van der Waals surface area contributed by atoms with Crippen LogP contribution in [0.25, 0.3) is 0 Å². The van der Waals surface area contributed by atoms with Gasteiger partial charge in [0.15, 0.2) is 0 Å². The Bertz CT molecular complexity index is 28.5. The van der Waals surface area contributed by atoms with Gasteiger partial charge in [0.2, 0.25) is 0 Å². The standard InChI is InChI=1S/5CH4.FH2N.FH2P.H3N.H3P/c;;;;;2*1-2;;/h5*1H4;2*2H2;2*1H3/i;;;;;;;;1T/hT. The Balaban J connectivity index is -0.00000000208. The zero-order chi connectivity index (χ0) is 8.00. The van der Waals surface area contributed by atoms with E-state index < -0.39 is 0 Å². The van der Waals surface area contributed by atoms with Gasteiger partial charge in [-0.05, 0) is 0 Å². The van der Waals surface area contributed by atoms with Gasteiger partial charge in [0.1, 0.15) is 1.41 Å². The molecule has 0 amide bonds. The summed E-state index contributed by atoms with van der Waals surface area (Å²) in [6.07, 6.45) is 3.75. The van der Waals surface area contributed by atoms with Crippen molar-refractivity contribution >= 4 is 19.4 Å². The molecule has 5 N–H and O–H groups in total. The maximum Gasteiger partial charge on any atom is 0.115 e. The summed E-state index contributed by atoms with van der Waals surface area (Å²) in [6.45, 7) is 0. The van der Waals surface area contributed by atoms with Crippen LogP contribution in [0, 0.1) is 0 Å². The van der Waals surface area contributed by atoms with E-state index in [9.17, 15) is 4.20 Å². The SMILES string of the molecule is C.C.C.C.C.FP.NF.[3H]N.[3H]P. The lowest BCUT2D eigenvalue weighted by atomic mass is 12.0. The molecule has 0 fully saturated rings. The summed E-state index contributed by atoms with van der Waals surface area (Å²) < 4.78 is 29.3. The van der Waals surface area contributed by atoms with Crippen LogP contribution in [0.3, 0.4) is 0 Å². The van der Waals surface area contributed by atoms with Crippen LogP contribution >= 0.6 is 19.4 Å². The topological polar surface area (TPSA) is 61.0 Å². The van der Waals surface area contributed by atoms with Crippen LogP contribution in [0.15, 0.2) is 0 Å². The summed E-state index contributed by atoms with van der Waals surface area (Å²) >= 11 is 0. The Labute approximate surface area is 80.9 Å². The van der Waals surface area contributed by atoms with Crippen molar-refractivity contribution in [3.8, 4) is 0 Å². The monoisotopic (exact) mass is 222 g/mol. The maximum atomic E-state index is 9.42. The molecule has 84 valence electrons. The average Bonchev–Trinajstić information content (AvgIpc) is 2.03. The fourth-order valence-electron chi connectivity index (χ4n) is 0. The normalized spacial score (nSPS) is 2.36. The first-order chi connectivity index (χ1) is 4.00. The third-order valence-electron chi connectivity index (χ3n) is 0. The molecule has 0 bridgehead atoms. The number of halogens is 2. The summed E-state index contributed by atoms with van der Waals surface area (Å²) in [4.78, 5) is 0. The highest BCUT2D eigenvalue weighted by Crippen LogP contribution is 1.66. The van der Waals surface area contributed by atoms with E-state index in [1.807, 2.05) is 0 Å². The van der Waals surface area contributed by atoms with Crippen molar-refractivity contribution in [1.29, 1.82) is 1.28 Å². The summed E-state index contributed by atoms with van der Waals surface area (Å²) in [5.41, 5.74) is 0. The lowest BCUT2D eigenvalue weighted by Crippen LogP contribution is -1.53. The van der Waals surface area contributed by atoms with Crippen LogP contribution in [0.5, 0.6) is 0 Å². The minimum atomic E-state index is 0. The van der Waals surface area contributed by atoms with E-state index in [2.05, 4.69) is 12.1 Å². The molecule has 2 unspecified atom stereocenters. The van der Waals surface area contributed by atoms with Crippen molar-refractivity contribution in [2.75, 3.05) is 0 Å². The van der Waals surface area contributed by atoms with Gasteiger partial charge in [-0.2, -0.15) is 15.8 Å². The van der Waals surface area contributed by atoms with Crippen LogP contribution in [-0.4, -0.2) is 1.28 Å². The van der Waals surface area contributed by atoms with Crippen LogP contribution in [0.2, 0.25) is 1.41 Å². The van der Waals surface area contributed by atoms with E-state index in [1.54, 1.807) is 9.84 Å². The molecule has 0 spiro atoms. The number of hydrogen-bond donors (Lipinski definition) is 2. The van der Waals surface area contributed by atoms with Gasteiger partial charge in [0.25, 0.3) is 0 Å². The van der Waals surface area contributed by atoms with Gasteiger partial charge in [-0.3, -0.25) is 0 Å². The molecule has 0 saturated heterocycles. The van der Waals surface area contributed by atoms with E-state index in [0.717, 1.165) is 9.55 Å². The summed E-state index contributed by atoms with van der Waals surface area (Å²) in [5, 5.41) is 0. The molecule has 0 aromatic rings. The fraction of sp³-hybridized carbons (Fsp3) is 1.00. The van der Waals surface area contributed by atoms with E-state index >= 15 is 0 Å². The maximum absolute atomic E-state index is 9.42. The van der Waals surface area contributed by atoms with Gasteiger partial charge in [-0.25, -0.2) is 4.20 Å². The van der Waals surface area contributed by atoms with Crippen molar-refractivity contribution in [2.24, 2.45) is 5.96 Å². The lowest BCUT2D eigenvalue weighted by Gasteiger charge is -1.16. The second-order valence-corrected chi connectivity index (χ2v) is 0. The molecular weight excluding hydrogens is 188 g/mol. The molecule has 0 radical (unpaired) electrons. The van der Waals surface area contributed by atoms with Gasteiger partial charge >= 0.3 is 0 Å². The Morgan fingerprint density at radius 1 is 1.00 bits per heavy atom. The molecule has 0 rings (SSSR count). The highest BCUT2D eigenvalue weighted by atomic mass is 31.1. The summed E-state index contributed by atoms with van der Waals surface area (Å²) in [7, 11) is 2.58. The van der Waals surface area contributed by atoms with Gasteiger partial charge in [0.05, 0.1) is 10.8 Å². The number of rotatable bonds is 0. The van der Waals surface area contributed by atoms with Gasteiger partial charge < -0.3 is 6.14 Å². The molecule has 0 saturated carbocycles. The van der Waals surface area contributed by atoms with E-state index in [-0.39, 0.29) is 37.1 Å². The quantitative estimate of drug-likeness (QED) is 0.481. The molecule has 0 aliphatic heterocycles. The molecule has 6 heteroatoms. The van der Waals surface area contributed by atoms with Crippen molar-refractivity contribution in [1.82, 2.24) is 6.14 Å². The zero-order valence-corrected chi connectivity index (χ0v) is 5.37. The molecular formula is C5H30F2N2P2. The Morgan fingerprint density at radius 3 is 1.00 bits per heavy atom. The summed E-state index contributed by atoms with van der Waals surface area (Å²) in [5.74, 6) is 3.00. The molecule has 0 heterocycles. The molecule has 0 aliphatic carbocycles. The van der Waals surface area contributed by atoms with Crippen LogP contribution in [-0.2, 0) is 0 Å². The van der Waals surface area contributed by atoms with Gasteiger partial charge in [0, 0.05) is 0 Å². The van der Waals surface area contributed by atoms with Crippen molar-refractivity contribution in [3.63, 3.8) is 0 Å². The van der Waals surface area contributed by atoms with Crippen molar-refractivity contribution in [3.05, 3.63) is 0 Å². The first-order valence-corrected chi connectivity index (χ1v) is 0.873. The predicted octanol–water partition coefficient (Wildman–Crippen LogP) is 3.98. The van der Waals surface area contributed by atoms with Crippen LogP contribution < -0.4 is 12.1 Å². The fourth-order valence-corrected chi connectivity index (χ4v) is 0. The Kier molecular flexibility index (Phi) is 13400. The smallest absolute Gasteiger partial charge is 0.115 e. The molecule has 11 heavy (non-hydrogen) atoms. The number of hydrogen-bond acceptors (Lipinski definition) is 2. The molecule has 0 aromatic carbocycles. The Morgan fingerprint density at radius 2 is 1.00 bits per heavy atom. The molecule has 0 aromatic heterocycles. The highest BCUT2D eigenvalue weighted by Gasteiger charge is 0.919. The Hall–Kier alpha value is 0.640. The van der Waals surface area contributed by atoms with Crippen LogP contribution in [0.1, 0.15) is 37.1 Å². The number of nitrogens with two attached hydrogens (primary N) is 1. The first kappa shape index (κ1) is 61.2. The lowest BCUT2D eigenvalue weighted by molar-refractivity contribution is 0.530. The van der Waals surface area contributed by atoms with Crippen LogP contribution in [0.4, 0.5) is 8.68 Å². The second-order valence-electron chi connectivity index (χ2n) is 0. The summed E-state index contributed by atoms with van der Waals surface area (Å²) in [6, 6.07) is 0. The van der Waals surface area contributed by atoms with E-state index in [1.165, 1.54) is 0 Å². The minimum Gasteiger partial charge on any atom is -0.344 e. The van der Waals surface area contributed by atoms with Crippen molar-refractivity contribution < 1.29 is 10.1 Å². The van der Waals surface area contributed by atoms with Gasteiger partial charge in [-0.15, -0.1) is 4.48 Å². The van der Waals surface area contributed by atoms with Crippen molar-refractivity contribution in [2.45, 2.75) is 37.1 Å². The third kappa shape index (κ3) is 1940.